The van der Waals surface area contributed by atoms with E-state index in [4.69, 9.17) is 19.6 Å². The topological polar surface area (TPSA) is 134 Å². The van der Waals surface area contributed by atoms with Crippen LogP contribution in [0.1, 0.15) is 27.2 Å². The third-order valence-corrected chi connectivity index (χ3v) is 8.55. The quantitative estimate of drug-likeness (QED) is 0.198. The molecule has 2 atom stereocenters. The van der Waals surface area contributed by atoms with Crippen molar-refractivity contribution in [3.63, 3.8) is 0 Å². The van der Waals surface area contributed by atoms with E-state index in [-0.39, 0.29) is 51.5 Å². The SMILES string of the molecule is CC(C)(C)OC(=O)N1CC[C@@]2(CN(c3ccc4c(n3)NC(=O)CO4)C(=O)O2)[C@@H](C[I-]CC=N)C1. The summed E-state index contributed by atoms with van der Waals surface area (Å²) in [7, 11) is 0. The number of nitrogens with zero attached hydrogens (tertiary/aromatic N) is 3. The van der Waals surface area contributed by atoms with Gasteiger partial charge in [-0.3, -0.25) is 0 Å². The Bertz CT molecular complexity index is 998. The number of likely N-dealkylation sites (tertiary alicyclic amines) is 1. The zero-order valence-electron chi connectivity index (χ0n) is 19.4. The fourth-order valence-electron chi connectivity index (χ4n) is 4.20. The fourth-order valence-corrected chi connectivity index (χ4v) is 6.70. The predicted octanol–water partition coefficient (Wildman–Crippen LogP) is -0.897. The summed E-state index contributed by atoms with van der Waals surface area (Å²) in [5.74, 6) is 0.716. The van der Waals surface area contributed by atoms with E-state index in [9.17, 15) is 14.4 Å². The Kier molecular flexibility index (Phi) is 6.87. The van der Waals surface area contributed by atoms with Crippen molar-refractivity contribution >= 4 is 35.9 Å². The summed E-state index contributed by atoms with van der Waals surface area (Å²) < 4.78 is 18.4. The van der Waals surface area contributed by atoms with E-state index in [1.807, 2.05) is 20.8 Å². The minimum atomic E-state index is -0.755. The maximum absolute atomic E-state index is 13.0. The Balaban J connectivity index is 1.54. The Morgan fingerprint density at radius 3 is 2.94 bits per heavy atom. The number of alkyl halides is 2. The van der Waals surface area contributed by atoms with Gasteiger partial charge in [0.2, 0.25) is 0 Å². The summed E-state index contributed by atoms with van der Waals surface area (Å²) in [6, 6.07) is 3.34. The number of aromatic nitrogens is 1. The predicted molar refractivity (Wildman–Crippen MR) is 119 cm³/mol. The number of pyridine rings is 1. The van der Waals surface area contributed by atoms with E-state index in [0.717, 1.165) is 8.86 Å². The number of hydrogen-bond acceptors (Lipinski definition) is 8. The number of amides is 3. The number of rotatable bonds is 5. The molecule has 2 N–H and O–H groups in total. The Labute approximate surface area is 208 Å². The van der Waals surface area contributed by atoms with Gasteiger partial charge >= 0.3 is 209 Å². The van der Waals surface area contributed by atoms with Crippen LogP contribution in [0.5, 0.6) is 5.75 Å². The van der Waals surface area contributed by atoms with Gasteiger partial charge in [0.05, 0.1) is 0 Å². The first-order valence-corrected chi connectivity index (χ1v) is 14.1. The fraction of sp³-hybridized carbons (Fsp3) is 0.591. The van der Waals surface area contributed by atoms with E-state index in [2.05, 4.69) is 10.3 Å². The number of carbonyl (C=O) groups is 3. The number of hydrogen-bond donors (Lipinski definition) is 2. The van der Waals surface area contributed by atoms with E-state index in [0.29, 0.717) is 37.6 Å². The van der Waals surface area contributed by atoms with Crippen molar-refractivity contribution in [3.05, 3.63) is 12.1 Å². The second kappa shape index (κ2) is 9.55. The molecule has 186 valence electrons. The molecule has 0 radical (unpaired) electrons. The molecule has 1 spiro atoms. The molecule has 2 saturated heterocycles. The van der Waals surface area contributed by atoms with Gasteiger partial charge in [-0.05, 0) is 0 Å². The molecule has 0 aliphatic carbocycles. The number of fused-ring (bicyclic) bond motifs is 1. The van der Waals surface area contributed by atoms with Gasteiger partial charge in [-0.2, -0.15) is 0 Å². The van der Waals surface area contributed by atoms with Crippen molar-refractivity contribution in [3.8, 4) is 5.75 Å². The normalized spacial score (nSPS) is 24.4. The summed E-state index contributed by atoms with van der Waals surface area (Å²) in [4.78, 5) is 44.9. The monoisotopic (exact) mass is 586 g/mol. The van der Waals surface area contributed by atoms with Gasteiger partial charge in [-0.15, -0.1) is 0 Å². The van der Waals surface area contributed by atoms with Crippen LogP contribution < -0.4 is 36.2 Å². The van der Waals surface area contributed by atoms with Crippen molar-refractivity contribution in [1.29, 1.82) is 5.41 Å². The maximum atomic E-state index is 13.0. The van der Waals surface area contributed by atoms with Crippen LogP contribution in [0.3, 0.4) is 0 Å². The summed E-state index contributed by atoms with van der Waals surface area (Å²) in [6.07, 6.45) is 1.02. The van der Waals surface area contributed by atoms with Crippen molar-refractivity contribution < 1.29 is 49.8 Å². The first kappa shape index (κ1) is 24.5. The van der Waals surface area contributed by atoms with Gasteiger partial charge in [0.1, 0.15) is 0 Å². The number of anilines is 2. The van der Waals surface area contributed by atoms with Crippen LogP contribution in [0.4, 0.5) is 21.2 Å². The third kappa shape index (κ3) is 5.20. The number of piperidine rings is 1. The molecule has 0 bridgehead atoms. The van der Waals surface area contributed by atoms with Crippen LogP contribution in [0, 0.1) is 11.3 Å². The van der Waals surface area contributed by atoms with Crippen LogP contribution in [0.15, 0.2) is 12.1 Å². The summed E-state index contributed by atoms with van der Waals surface area (Å²) in [6.45, 7) is 6.56. The molecule has 1 aromatic rings. The van der Waals surface area contributed by atoms with Crippen molar-refractivity contribution in [2.45, 2.75) is 38.4 Å². The first-order valence-electron chi connectivity index (χ1n) is 11.0. The Morgan fingerprint density at radius 1 is 1.41 bits per heavy atom. The molecule has 12 heteroatoms. The Morgan fingerprint density at radius 2 is 2.21 bits per heavy atom. The molecule has 1 aromatic heterocycles. The molecule has 4 rings (SSSR count). The van der Waals surface area contributed by atoms with Crippen LogP contribution in [-0.4, -0.2) is 80.5 Å². The van der Waals surface area contributed by atoms with Gasteiger partial charge in [0, 0.05) is 0 Å². The van der Waals surface area contributed by atoms with Crippen LogP contribution in [-0.2, 0) is 14.3 Å². The summed E-state index contributed by atoms with van der Waals surface area (Å²) in [5, 5.41) is 10.0. The molecule has 34 heavy (non-hydrogen) atoms. The number of halogens is 1. The van der Waals surface area contributed by atoms with Crippen molar-refractivity contribution in [2.75, 3.05) is 45.3 Å². The standard InChI is InChI=1S/C22H29IN5O6/c1-21(2,3)33-19(30)27-9-6-22(14(11-27)10-23-7-8-24)13-28(20(31)34-22)16-5-4-15-18(25-16)26-17(29)12-32-15/h4-5,8,14,24H,6-7,9-13H2,1-3H3,(H,25,26,29)/q-1/t14-,22+/m0/s1. The van der Waals surface area contributed by atoms with Gasteiger partial charge in [0.15, 0.2) is 0 Å². The molecule has 0 saturated carbocycles. The molecule has 2 fully saturated rings. The van der Waals surface area contributed by atoms with Gasteiger partial charge in [0.25, 0.3) is 0 Å². The average molecular weight is 586 g/mol. The number of ether oxygens (including phenoxy) is 3. The second-order valence-corrected chi connectivity index (χ2v) is 12.3. The molecular formula is C22H29IN5O6-. The first-order chi connectivity index (χ1) is 16.1. The zero-order chi connectivity index (χ0) is 24.5. The van der Waals surface area contributed by atoms with Crippen molar-refractivity contribution in [1.82, 2.24) is 9.88 Å². The molecule has 3 aliphatic heterocycles. The van der Waals surface area contributed by atoms with Gasteiger partial charge in [-0.25, -0.2) is 0 Å². The number of carbonyl (C=O) groups excluding carboxylic acids is 3. The van der Waals surface area contributed by atoms with Crippen LogP contribution in [0.2, 0.25) is 0 Å². The molecule has 0 unspecified atom stereocenters. The minimum absolute atomic E-state index is 0.0719. The van der Waals surface area contributed by atoms with Crippen LogP contribution in [0.25, 0.3) is 0 Å². The second-order valence-electron chi connectivity index (χ2n) is 9.45. The van der Waals surface area contributed by atoms with E-state index < -0.39 is 17.3 Å². The summed E-state index contributed by atoms with van der Waals surface area (Å²) >= 11 is -0.319. The molecule has 11 nitrogen and oxygen atoms in total. The molecule has 0 aromatic carbocycles. The molecule has 4 heterocycles. The van der Waals surface area contributed by atoms with Gasteiger partial charge < -0.3 is 0 Å². The van der Waals surface area contributed by atoms with Crippen molar-refractivity contribution in [2.24, 2.45) is 5.92 Å². The molecule has 3 amide bonds. The third-order valence-electron chi connectivity index (χ3n) is 5.80. The van der Waals surface area contributed by atoms with Crippen LogP contribution >= 0.6 is 0 Å². The Hall–Kier alpha value is -2.64. The summed E-state index contributed by atoms with van der Waals surface area (Å²) in [5.41, 5.74) is -1.35. The molecule has 3 aliphatic rings. The van der Waals surface area contributed by atoms with E-state index >= 15 is 0 Å². The van der Waals surface area contributed by atoms with Gasteiger partial charge in [-0.1, -0.05) is 0 Å². The average Bonchev–Trinajstić information content (AvgIpc) is 3.10. The molecular weight excluding hydrogens is 557 g/mol. The zero-order valence-corrected chi connectivity index (χ0v) is 21.6. The number of nitrogens with one attached hydrogen (secondary N) is 2. The van der Waals surface area contributed by atoms with E-state index in [1.165, 1.54) is 11.1 Å². The van der Waals surface area contributed by atoms with E-state index in [1.54, 1.807) is 17.0 Å².